The molecular weight excluding hydrogens is 417 g/mol. The average molecular weight is 448 g/mol. The number of aromatic nitrogens is 1. The number of ketones is 1. The Balaban J connectivity index is 1.19. The highest BCUT2D eigenvalue weighted by Crippen LogP contribution is 2.47. The van der Waals surface area contributed by atoms with E-state index in [1.807, 2.05) is 42.5 Å². The van der Waals surface area contributed by atoms with Crippen molar-refractivity contribution in [3.05, 3.63) is 71.7 Å². The molecule has 1 amide bonds. The van der Waals surface area contributed by atoms with Crippen LogP contribution in [-0.2, 0) is 4.79 Å². The Hall–Kier alpha value is -2.99. The predicted octanol–water partition coefficient (Wildman–Crippen LogP) is 4.51. The van der Waals surface area contributed by atoms with Gasteiger partial charge in [0.05, 0.1) is 11.1 Å². The molecule has 1 aromatic heterocycles. The number of halogens is 1. The molecule has 2 aliphatic heterocycles. The van der Waals surface area contributed by atoms with Gasteiger partial charge in [-0.3, -0.25) is 9.59 Å². The van der Waals surface area contributed by atoms with Crippen LogP contribution in [0.25, 0.3) is 10.9 Å². The van der Waals surface area contributed by atoms with Crippen molar-refractivity contribution >= 4 is 22.6 Å². The summed E-state index contributed by atoms with van der Waals surface area (Å²) in [7, 11) is 0. The van der Waals surface area contributed by atoms with Gasteiger partial charge in [0.1, 0.15) is 5.82 Å². The van der Waals surface area contributed by atoms with Gasteiger partial charge < -0.3 is 15.2 Å². The van der Waals surface area contributed by atoms with Crippen molar-refractivity contribution in [2.24, 2.45) is 11.3 Å². The number of carbonyl (C=O) groups excluding carboxylic acids is 2. The lowest BCUT2D eigenvalue weighted by Crippen LogP contribution is -2.47. The predicted molar refractivity (Wildman–Crippen MR) is 127 cm³/mol. The van der Waals surface area contributed by atoms with Crippen molar-refractivity contribution in [2.45, 2.75) is 32.1 Å². The third-order valence-corrected chi connectivity index (χ3v) is 7.54. The monoisotopic (exact) mass is 447 g/mol. The molecule has 0 aliphatic carbocycles. The number of carbonyl (C=O) groups is 2. The Morgan fingerprint density at radius 3 is 2.61 bits per heavy atom. The minimum atomic E-state index is -0.419. The molecule has 0 radical (unpaired) electrons. The molecule has 5 rings (SSSR count). The summed E-state index contributed by atoms with van der Waals surface area (Å²) in [5.74, 6) is 0.310. The fraction of sp³-hybridized carbons (Fsp3) is 0.407. The molecule has 0 bridgehead atoms. The van der Waals surface area contributed by atoms with Crippen molar-refractivity contribution in [1.82, 2.24) is 15.2 Å². The van der Waals surface area contributed by atoms with E-state index >= 15 is 0 Å². The van der Waals surface area contributed by atoms with Crippen LogP contribution in [0.2, 0.25) is 0 Å². The lowest BCUT2D eigenvalue weighted by Gasteiger charge is -2.41. The van der Waals surface area contributed by atoms with Gasteiger partial charge in [0.2, 0.25) is 5.91 Å². The third kappa shape index (κ3) is 4.20. The van der Waals surface area contributed by atoms with Crippen molar-refractivity contribution in [3.8, 4) is 0 Å². The number of piperidine rings is 1. The van der Waals surface area contributed by atoms with E-state index in [9.17, 15) is 14.0 Å². The number of rotatable bonds is 6. The van der Waals surface area contributed by atoms with Crippen molar-refractivity contribution in [3.63, 3.8) is 0 Å². The van der Waals surface area contributed by atoms with Crippen LogP contribution in [0, 0.1) is 17.2 Å². The Bertz CT molecular complexity index is 1130. The maximum absolute atomic E-state index is 13.4. The molecular formula is C27H30FN3O2. The minimum absolute atomic E-state index is 0.0776. The second-order valence-corrected chi connectivity index (χ2v) is 9.77. The summed E-state index contributed by atoms with van der Waals surface area (Å²) in [6, 6.07) is 16.4. The smallest absolute Gasteiger partial charge is 0.227 e. The SMILES string of the molecule is C[C@H](CC(=O)c1cc2ccccc2[nH]1)CN1CCC2(CC1)C(=O)NCC2c1ccc(F)cc1. The molecule has 0 saturated carbocycles. The van der Waals surface area contributed by atoms with Gasteiger partial charge in [-0.25, -0.2) is 4.39 Å². The second kappa shape index (κ2) is 8.75. The van der Waals surface area contributed by atoms with Gasteiger partial charge in [-0.1, -0.05) is 37.3 Å². The number of H-pyrrole nitrogens is 1. The maximum Gasteiger partial charge on any atom is 0.227 e. The molecule has 6 heteroatoms. The van der Waals surface area contributed by atoms with E-state index in [4.69, 9.17) is 0 Å². The molecule has 2 atom stereocenters. The normalized spacial score (nSPS) is 21.4. The Labute approximate surface area is 193 Å². The number of hydrogen-bond donors (Lipinski definition) is 2. The van der Waals surface area contributed by atoms with Gasteiger partial charge in [-0.2, -0.15) is 0 Å². The first kappa shape index (κ1) is 21.8. The molecule has 2 aliphatic rings. The number of aromatic amines is 1. The number of hydrogen-bond acceptors (Lipinski definition) is 3. The first-order valence-electron chi connectivity index (χ1n) is 11.8. The van der Waals surface area contributed by atoms with Crippen LogP contribution in [-0.4, -0.2) is 47.8 Å². The highest BCUT2D eigenvalue weighted by molar-refractivity contribution is 5.99. The lowest BCUT2D eigenvalue weighted by molar-refractivity contribution is -0.130. The number of benzene rings is 2. The molecule has 3 heterocycles. The number of nitrogens with one attached hydrogen (secondary N) is 2. The number of fused-ring (bicyclic) bond motifs is 1. The van der Waals surface area contributed by atoms with Crippen molar-refractivity contribution in [1.29, 1.82) is 0 Å². The average Bonchev–Trinajstić information content (AvgIpc) is 3.38. The fourth-order valence-corrected chi connectivity index (χ4v) is 5.72. The Kier molecular flexibility index (Phi) is 5.79. The van der Waals surface area contributed by atoms with Crippen LogP contribution < -0.4 is 5.32 Å². The highest BCUT2D eigenvalue weighted by atomic mass is 19.1. The van der Waals surface area contributed by atoms with Crippen LogP contribution in [0.1, 0.15) is 48.2 Å². The van der Waals surface area contributed by atoms with Gasteiger partial charge >= 0.3 is 0 Å². The molecule has 2 fully saturated rings. The Morgan fingerprint density at radius 1 is 1.15 bits per heavy atom. The minimum Gasteiger partial charge on any atom is -0.355 e. The second-order valence-electron chi connectivity index (χ2n) is 9.77. The number of amides is 1. The van der Waals surface area contributed by atoms with E-state index in [-0.39, 0.29) is 29.3 Å². The van der Waals surface area contributed by atoms with E-state index in [0.717, 1.165) is 48.9 Å². The van der Waals surface area contributed by atoms with Gasteiger partial charge in [0, 0.05) is 36.3 Å². The zero-order valence-corrected chi connectivity index (χ0v) is 18.9. The molecule has 1 unspecified atom stereocenters. The van der Waals surface area contributed by atoms with Crippen molar-refractivity contribution in [2.75, 3.05) is 26.2 Å². The quantitative estimate of drug-likeness (QED) is 0.547. The topological polar surface area (TPSA) is 65.2 Å². The molecule has 1 spiro atoms. The van der Waals surface area contributed by atoms with E-state index in [1.54, 1.807) is 0 Å². The molecule has 5 nitrogen and oxygen atoms in total. The number of nitrogens with zero attached hydrogens (tertiary/aromatic N) is 1. The molecule has 2 N–H and O–H groups in total. The van der Waals surface area contributed by atoms with E-state index < -0.39 is 5.41 Å². The number of para-hydroxylation sites is 1. The standard InChI is InChI=1S/C27H30FN3O2/c1-18(14-25(32)24-15-20-4-2-3-5-23(20)30-24)17-31-12-10-27(11-13-31)22(16-29-26(27)33)19-6-8-21(28)9-7-19/h2-9,15,18,22,30H,10-14,16-17H2,1H3,(H,29,33)/t18-,22?/m1/s1. The number of Topliss-reactive ketones (excluding diaryl/α,β-unsaturated/α-hetero) is 1. The lowest BCUT2D eigenvalue weighted by atomic mass is 9.68. The third-order valence-electron chi connectivity index (χ3n) is 7.54. The highest BCUT2D eigenvalue weighted by Gasteiger charge is 2.51. The summed E-state index contributed by atoms with van der Waals surface area (Å²) < 4.78 is 13.4. The van der Waals surface area contributed by atoms with Gasteiger partial charge in [-0.15, -0.1) is 0 Å². The van der Waals surface area contributed by atoms with E-state index in [1.165, 1.54) is 12.1 Å². The van der Waals surface area contributed by atoms with Crippen LogP contribution in [0.5, 0.6) is 0 Å². The zero-order chi connectivity index (χ0) is 23.0. The summed E-state index contributed by atoms with van der Waals surface area (Å²) in [5, 5.41) is 4.11. The van der Waals surface area contributed by atoms with Crippen LogP contribution in [0.4, 0.5) is 4.39 Å². The summed E-state index contributed by atoms with van der Waals surface area (Å²) >= 11 is 0. The molecule has 2 aromatic carbocycles. The van der Waals surface area contributed by atoms with Crippen LogP contribution in [0.3, 0.4) is 0 Å². The van der Waals surface area contributed by atoms with E-state index in [0.29, 0.717) is 18.7 Å². The van der Waals surface area contributed by atoms with Gasteiger partial charge in [0.15, 0.2) is 5.78 Å². The van der Waals surface area contributed by atoms with Crippen LogP contribution >= 0.6 is 0 Å². The first-order valence-corrected chi connectivity index (χ1v) is 11.8. The first-order chi connectivity index (χ1) is 15.9. The summed E-state index contributed by atoms with van der Waals surface area (Å²) in [4.78, 5) is 31.3. The van der Waals surface area contributed by atoms with E-state index in [2.05, 4.69) is 22.1 Å². The summed E-state index contributed by atoms with van der Waals surface area (Å²) in [5.41, 5.74) is 2.27. The molecule has 33 heavy (non-hydrogen) atoms. The van der Waals surface area contributed by atoms with Gasteiger partial charge in [0.25, 0.3) is 0 Å². The molecule has 3 aromatic rings. The Morgan fingerprint density at radius 2 is 1.88 bits per heavy atom. The fourth-order valence-electron chi connectivity index (χ4n) is 5.72. The molecule has 2 saturated heterocycles. The zero-order valence-electron chi connectivity index (χ0n) is 18.9. The summed E-state index contributed by atoms with van der Waals surface area (Å²) in [6.45, 7) is 5.23. The maximum atomic E-state index is 13.4. The summed E-state index contributed by atoms with van der Waals surface area (Å²) in [6.07, 6.45) is 2.06. The largest absolute Gasteiger partial charge is 0.355 e. The van der Waals surface area contributed by atoms with Gasteiger partial charge in [-0.05, 0) is 61.7 Å². The van der Waals surface area contributed by atoms with Crippen molar-refractivity contribution < 1.29 is 14.0 Å². The molecule has 172 valence electrons. The number of likely N-dealkylation sites (tertiary alicyclic amines) is 1. The van der Waals surface area contributed by atoms with Crippen LogP contribution in [0.15, 0.2) is 54.6 Å².